The maximum atomic E-state index is 4.93. The molecule has 9 heteroatoms. The van der Waals surface area contributed by atoms with Crippen LogP contribution in [0.5, 0.6) is 0 Å². The van der Waals surface area contributed by atoms with Crippen molar-refractivity contribution in [1.82, 2.24) is 24.8 Å². The first-order valence-electron chi connectivity index (χ1n) is 8.84. The summed E-state index contributed by atoms with van der Waals surface area (Å²) < 4.78 is 0. The standard InChI is InChI=1S/C19H19N5.3ClH.Cr/c1-24-10-16-20-14-6-2-4-12(18(14)22-16)8-9-13-5-3-7-15-19(13)23-17(11-24)21-15;;;;/h2-7H,8-11H2,1H3,(H,20,22)(H,21,23);3*1H;/q;;;;+4/p-3. The predicted octanol–water partition coefficient (Wildman–Crippen LogP) is 5.24. The van der Waals surface area contributed by atoms with E-state index in [1.165, 1.54) is 11.1 Å². The molecule has 0 saturated heterocycles. The van der Waals surface area contributed by atoms with Crippen LogP contribution in [0.25, 0.3) is 22.1 Å². The molecular weight excluding hydrogens is 457 g/mol. The van der Waals surface area contributed by atoms with Crippen molar-refractivity contribution in [2.24, 2.45) is 0 Å². The second-order valence-corrected chi connectivity index (χ2v) is 13.2. The Balaban J connectivity index is 0.000000442. The molecule has 2 aromatic heterocycles. The second-order valence-electron chi connectivity index (χ2n) is 6.84. The third kappa shape index (κ3) is 4.49. The van der Waals surface area contributed by atoms with Crippen molar-refractivity contribution in [3.05, 3.63) is 59.2 Å². The molecule has 28 heavy (non-hydrogen) atoms. The number of fused-ring (bicyclic) bond motifs is 2. The molecule has 0 amide bonds. The monoisotopic (exact) mass is 474 g/mol. The first-order chi connectivity index (χ1) is 13.5. The van der Waals surface area contributed by atoms with E-state index in [1.54, 1.807) is 0 Å². The van der Waals surface area contributed by atoms with E-state index in [4.69, 9.17) is 40.1 Å². The molecule has 0 radical (unpaired) electrons. The van der Waals surface area contributed by atoms with Crippen molar-refractivity contribution in [3.63, 3.8) is 0 Å². The van der Waals surface area contributed by atoms with E-state index in [9.17, 15) is 0 Å². The van der Waals surface area contributed by atoms with Crippen LogP contribution in [0.15, 0.2) is 36.4 Å². The molecule has 0 atom stereocenters. The summed E-state index contributed by atoms with van der Waals surface area (Å²) in [6.07, 6.45) is 1.94. The van der Waals surface area contributed by atoms with Crippen LogP contribution in [0, 0.1) is 0 Å². The van der Waals surface area contributed by atoms with Crippen LogP contribution in [0.4, 0.5) is 0 Å². The topological polar surface area (TPSA) is 60.6 Å². The Kier molecular flexibility index (Phi) is 6.17. The van der Waals surface area contributed by atoms with Gasteiger partial charge in [0.2, 0.25) is 0 Å². The average molecular weight is 476 g/mol. The number of halogens is 3. The van der Waals surface area contributed by atoms with Crippen molar-refractivity contribution in [3.8, 4) is 0 Å². The molecule has 3 heterocycles. The molecule has 2 N–H and O–H groups in total. The summed E-state index contributed by atoms with van der Waals surface area (Å²) in [7, 11) is 16.9. The molecule has 0 unspecified atom stereocenters. The fourth-order valence-corrected chi connectivity index (χ4v) is 3.68. The molecule has 0 fully saturated rings. The number of aromatic nitrogens is 4. The van der Waals surface area contributed by atoms with Gasteiger partial charge in [0.05, 0.1) is 35.2 Å². The Labute approximate surface area is 180 Å². The summed E-state index contributed by atoms with van der Waals surface area (Å²) in [5, 5.41) is 0. The number of imidazole rings is 2. The van der Waals surface area contributed by atoms with Crippen LogP contribution >= 0.6 is 30.1 Å². The third-order valence-corrected chi connectivity index (χ3v) is 4.79. The summed E-state index contributed by atoms with van der Waals surface area (Å²) in [6, 6.07) is 12.8. The van der Waals surface area contributed by atoms with Gasteiger partial charge in [0, 0.05) is 0 Å². The van der Waals surface area contributed by atoms with E-state index in [0.717, 1.165) is 59.6 Å². The van der Waals surface area contributed by atoms with Gasteiger partial charge in [-0.25, -0.2) is 9.97 Å². The Morgan fingerprint density at radius 3 is 1.68 bits per heavy atom. The van der Waals surface area contributed by atoms with E-state index in [0.29, 0.717) is 0 Å². The molecule has 4 aromatic rings. The Morgan fingerprint density at radius 1 is 0.821 bits per heavy atom. The fraction of sp³-hybridized carbons (Fsp3) is 0.263. The molecule has 4 bridgehead atoms. The molecule has 1 aliphatic heterocycles. The van der Waals surface area contributed by atoms with Crippen molar-refractivity contribution in [2.45, 2.75) is 25.9 Å². The van der Waals surface area contributed by atoms with E-state index >= 15 is 0 Å². The summed E-state index contributed by atoms with van der Waals surface area (Å²) in [5.74, 6) is 2.02. The van der Waals surface area contributed by atoms with Crippen molar-refractivity contribution >= 4 is 52.2 Å². The van der Waals surface area contributed by atoms with Gasteiger partial charge >= 0.3 is 41.5 Å². The van der Waals surface area contributed by atoms with Gasteiger partial charge < -0.3 is 9.97 Å². The maximum absolute atomic E-state index is 4.93. The number of rotatable bonds is 0. The summed E-state index contributed by atoms with van der Waals surface area (Å²) >= 11 is -1.62. The molecule has 0 spiro atoms. The van der Waals surface area contributed by atoms with Crippen LogP contribution in [0.1, 0.15) is 22.8 Å². The molecule has 5 nitrogen and oxygen atoms in total. The van der Waals surface area contributed by atoms with Gasteiger partial charge in [-0.3, -0.25) is 4.90 Å². The van der Waals surface area contributed by atoms with E-state index in [2.05, 4.69) is 58.3 Å². The van der Waals surface area contributed by atoms with Crippen molar-refractivity contribution in [1.29, 1.82) is 0 Å². The number of nitrogens with one attached hydrogen (secondary N) is 2. The zero-order valence-electron chi connectivity index (χ0n) is 15.2. The number of nitrogens with zero attached hydrogens (tertiary/aromatic N) is 3. The van der Waals surface area contributed by atoms with Crippen LogP contribution in [-0.4, -0.2) is 31.9 Å². The number of para-hydroxylation sites is 2. The van der Waals surface area contributed by atoms with Crippen LogP contribution in [-0.2, 0) is 37.3 Å². The second kappa shape index (κ2) is 8.63. The molecular formula is C19H19Cl3CrN5+. The molecule has 146 valence electrons. The van der Waals surface area contributed by atoms with Crippen molar-refractivity contribution < 1.29 is 11.4 Å². The van der Waals surface area contributed by atoms with Crippen LogP contribution < -0.4 is 0 Å². The summed E-state index contributed by atoms with van der Waals surface area (Å²) in [5.41, 5.74) is 7.06. The predicted molar refractivity (Wildman–Crippen MR) is 112 cm³/mol. The molecule has 0 aliphatic carbocycles. The molecule has 1 aliphatic rings. The minimum atomic E-state index is -1.62. The van der Waals surface area contributed by atoms with Gasteiger partial charge in [0.15, 0.2) is 0 Å². The zero-order valence-corrected chi connectivity index (χ0v) is 18.7. The molecule has 5 rings (SSSR count). The third-order valence-electron chi connectivity index (χ3n) is 4.79. The number of aromatic amines is 2. The number of hydrogen-bond acceptors (Lipinski definition) is 3. The van der Waals surface area contributed by atoms with Crippen molar-refractivity contribution in [2.75, 3.05) is 7.05 Å². The number of H-pyrrole nitrogens is 2. The number of aryl methyl sites for hydroxylation is 2. The number of hydrogen-bond donors (Lipinski definition) is 2. The summed E-state index contributed by atoms with van der Waals surface area (Å²) in [4.78, 5) is 18.8. The minimum absolute atomic E-state index is 0.776. The number of benzene rings is 2. The quantitative estimate of drug-likeness (QED) is 0.366. The van der Waals surface area contributed by atoms with Gasteiger partial charge in [0.1, 0.15) is 11.6 Å². The summed E-state index contributed by atoms with van der Waals surface area (Å²) in [6.45, 7) is 1.55. The zero-order chi connectivity index (χ0) is 19.7. The average Bonchev–Trinajstić information content (AvgIpc) is 3.21. The van der Waals surface area contributed by atoms with Gasteiger partial charge in [-0.05, 0) is 43.1 Å². The Bertz CT molecular complexity index is 1020. The van der Waals surface area contributed by atoms with Crippen LogP contribution in [0.2, 0.25) is 0 Å². The first kappa shape index (κ1) is 20.0. The van der Waals surface area contributed by atoms with Gasteiger partial charge in [-0.15, -0.1) is 0 Å². The van der Waals surface area contributed by atoms with E-state index in [-0.39, 0.29) is 0 Å². The van der Waals surface area contributed by atoms with E-state index in [1.807, 2.05) is 0 Å². The normalized spacial score (nSPS) is 14.8. The van der Waals surface area contributed by atoms with Gasteiger partial charge in [0.25, 0.3) is 0 Å². The van der Waals surface area contributed by atoms with Gasteiger partial charge in [-0.2, -0.15) is 0 Å². The van der Waals surface area contributed by atoms with E-state index < -0.39 is 11.4 Å². The fourth-order valence-electron chi connectivity index (χ4n) is 3.68. The molecule has 0 saturated carbocycles. The Hall–Kier alpha value is -1.26. The Morgan fingerprint density at radius 2 is 1.25 bits per heavy atom. The SMILES string of the molecule is CN1Cc2nc3c(cccc3[nH]2)CCc2cccc3[nH]c(nc23)C1.[Cl][Cr+]([Cl])[Cl]. The first-order valence-corrected chi connectivity index (χ1v) is 14.1. The van der Waals surface area contributed by atoms with Crippen LogP contribution in [0.3, 0.4) is 0 Å². The molecule has 2 aromatic carbocycles. The van der Waals surface area contributed by atoms with Gasteiger partial charge in [-0.1, -0.05) is 24.3 Å².